The van der Waals surface area contributed by atoms with E-state index in [1.54, 1.807) is 0 Å². The monoisotopic (exact) mass is 155 g/mol. The lowest BCUT2D eigenvalue weighted by Gasteiger charge is -2.24. The van der Waals surface area contributed by atoms with E-state index in [2.05, 4.69) is 33.0 Å². The summed E-state index contributed by atoms with van der Waals surface area (Å²) in [4.78, 5) is 0. The molecule has 0 saturated heterocycles. The first-order valence-electron chi connectivity index (χ1n) is 4.87. The van der Waals surface area contributed by atoms with Crippen LogP contribution in [0.15, 0.2) is 0 Å². The zero-order valence-electron chi connectivity index (χ0n) is 8.22. The second kappa shape index (κ2) is 3.57. The molecule has 0 bridgehead atoms. The Bertz CT molecular complexity index is 112. The van der Waals surface area contributed by atoms with E-state index in [1.807, 2.05) is 0 Å². The fourth-order valence-corrected chi connectivity index (χ4v) is 1.71. The van der Waals surface area contributed by atoms with Gasteiger partial charge in [-0.2, -0.15) is 0 Å². The normalized spacial score (nSPS) is 21.3. The molecule has 0 aromatic rings. The van der Waals surface area contributed by atoms with Crippen molar-refractivity contribution in [2.45, 2.75) is 52.6 Å². The van der Waals surface area contributed by atoms with Crippen molar-refractivity contribution in [3.63, 3.8) is 0 Å². The molecule has 1 saturated carbocycles. The zero-order valence-corrected chi connectivity index (χ0v) is 8.22. The molecule has 1 aliphatic carbocycles. The highest BCUT2D eigenvalue weighted by molar-refractivity contribution is 4.88. The van der Waals surface area contributed by atoms with E-state index in [9.17, 15) is 0 Å². The molecule has 66 valence electrons. The summed E-state index contributed by atoms with van der Waals surface area (Å²) in [5.41, 5.74) is 0. The summed E-state index contributed by atoms with van der Waals surface area (Å²) in [6, 6.07) is 1.41. The quantitative estimate of drug-likeness (QED) is 0.657. The molecule has 1 unspecified atom stereocenters. The molecule has 1 N–H and O–H groups in total. The maximum atomic E-state index is 3.64. The van der Waals surface area contributed by atoms with Crippen LogP contribution in [-0.4, -0.2) is 12.1 Å². The minimum Gasteiger partial charge on any atom is -0.311 e. The zero-order chi connectivity index (χ0) is 8.43. The van der Waals surface area contributed by atoms with E-state index in [4.69, 9.17) is 0 Å². The second-order valence-corrected chi connectivity index (χ2v) is 4.43. The van der Waals surface area contributed by atoms with Gasteiger partial charge in [0.15, 0.2) is 0 Å². The Labute approximate surface area is 70.6 Å². The van der Waals surface area contributed by atoms with Crippen LogP contribution in [0.25, 0.3) is 0 Å². The number of hydrogen-bond acceptors (Lipinski definition) is 1. The lowest BCUT2D eigenvalue weighted by atomic mass is 9.99. The predicted octanol–water partition coefficient (Wildman–Crippen LogP) is 2.42. The molecule has 1 heteroatoms. The Hall–Kier alpha value is -0.0400. The molecular formula is C10H21N. The molecule has 0 heterocycles. The van der Waals surface area contributed by atoms with Crippen LogP contribution < -0.4 is 5.32 Å². The van der Waals surface area contributed by atoms with Gasteiger partial charge in [0, 0.05) is 12.1 Å². The van der Waals surface area contributed by atoms with Crippen molar-refractivity contribution in [3.05, 3.63) is 0 Å². The summed E-state index contributed by atoms with van der Waals surface area (Å²) >= 11 is 0. The van der Waals surface area contributed by atoms with E-state index in [0.29, 0.717) is 6.04 Å². The number of rotatable bonds is 4. The fraction of sp³-hybridized carbons (Fsp3) is 1.00. The summed E-state index contributed by atoms with van der Waals surface area (Å²) in [7, 11) is 0. The molecule has 0 aliphatic heterocycles. The minimum atomic E-state index is 0.642. The van der Waals surface area contributed by atoms with Crippen molar-refractivity contribution in [2.24, 2.45) is 11.8 Å². The van der Waals surface area contributed by atoms with Crippen LogP contribution in [0.3, 0.4) is 0 Å². The van der Waals surface area contributed by atoms with Gasteiger partial charge in [0.2, 0.25) is 0 Å². The summed E-state index contributed by atoms with van der Waals surface area (Å²) in [6.07, 6.45) is 2.89. The lowest BCUT2D eigenvalue weighted by molar-refractivity contribution is 0.336. The van der Waals surface area contributed by atoms with E-state index >= 15 is 0 Å². The second-order valence-electron chi connectivity index (χ2n) is 4.43. The molecule has 0 aromatic carbocycles. The van der Waals surface area contributed by atoms with Crippen molar-refractivity contribution in [1.82, 2.24) is 5.32 Å². The van der Waals surface area contributed by atoms with Gasteiger partial charge in [-0.1, -0.05) is 27.7 Å². The molecule has 1 aliphatic rings. The van der Waals surface area contributed by atoms with Gasteiger partial charge >= 0.3 is 0 Å². The smallest absolute Gasteiger partial charge is 0.0121 e. The Morgan fingerprint density at radius 3 is 1.91 bits per heavy atom. The first kappa shape index (κ1) is 9.05. The van der Waals surface area contributed by atoms with Crippen LogP contribution in [0.4, 0.5) is 0 Å². The van der Waals surface area contributed by atoms with Crippen LogP contribution in [0.5, 0.6) is 0 Å². The van der Waals surface area contributed by atoms with Crippen LogP contribution in [0.1, 0.15) is 40.5 Å². The van der Waals surface area contributed by atoms with E-state index in [1.165, 1.54) is 12.8 Å². The Balaban J connectivity index is 2.32. The molecular weight excluding hydrogens is 134 g/mol. The third kappa shape index (κ3) is 2.82. The van der Waals surface area contributed by atoms with Crippen molar-refractivity contribution in [3.8, 4) is 0 Å². The van der Waals surface area contributed by atoms with E-state index < -0.39 is 0 Å². The van der Waals surface area contributed by atoms with E-state index in [-0.39, 0.29) is 0 Å². The Morgan fingerprint density at radius 2 is 1.64 bits per heavy atom. The lowest BCUT2D eigenvalue weighted by Crippen LogP contribution is -2.40. The highest BCUT2D eigenvalue weighted by Crippen LogP contribution is 2.35. The highest BCUT2D eigenvalue weighted by atomic mass is 15.0. The third-order valence-corrected chi connectivity index (χ3v) is 2.37. The van der Waals surface area contributed by atoms with Crippen molar-refractivity contribution in [2.75, 3.05) is 0 Å². The molecule has 1 fully saturated rings. The molecule has 0 radical (unpaired) electrons. The Morgan fingerprint density at radius 1 is 1.09 bits per heavy atom. The number of hydrogen-bond donors (Lipinski definition) is 1. The molecule has 1 nitrogen and oxygen atoms in total. The average Bonchev–Trinajstić information content (AvgIpc) is 2.63. The van der Waals surface area contributed by atoms with Crippen LogP contribution in [0.2, 0.25) is 0 Å². The molecule has 0 amide bonds. The molecule has 0 aromatic heterocycles. The van der Waals surface area contributed by atoms with E-state index in [0.717, 1.165) is 17.9 Å². The summed E-state index contributed by atoms with van der Waals surface area (Å²) in [6.45, 7) is 9.10. The topological polar surface area (TPSA) is 12.0 Å². The summed E-state index contributed by atoms with van der Waals surface area (Å²) in [5, 5.41) is 3.64. The van der Waals surface area contributed by atoms with Gasteiger partial charge in [-0.3, -0.25) is 0 Å². The van der Waals surface area contributed by atoms with Crippen molar-refractivity contribution >= 4 is 0 Å². The average molecular weight is 155 g/mol. The largest absolute Gasteiger partial charge is 0.311 e. The van der Waals surface area contributed by atoms with Crippen LogP contribution >= 0.6 is 0 Å². The van der Waals surface area contributed by atoms with Gasteiger partial charge in [-0.15, -0.1) is 0 Å². The third-order valence-electron chi connectivity index (χ3n) is 2.37. The van der Waals surface area contributed by atoms with Crippen molar-refractivity contribution < 1.29 is 0 Å². The molecule has 0 spiro atoms. The van der Waals surface area contributed by atoms with Crippen molar-refractivity contribution in [1.29, 1.82) is 0 Å². The Kier molecular flexibility index (Phi) is 2.94. The maximum absolute atomic E-state index is 3.64. The van der Waals surface area contributed by atoms with Gasteiger partial charge in [-0.25, -0.2) is 0 Å². The number of nitrogens with one attached hydrogen (secondary N) is 1. The fourth-order valence-electron chi connectivity index (χ4n) is 1.71. The van der Waals surface area contributed by atoms with Crippen LogP contribution in [0, 0.1) is 11.8 Å². The van der Waals surface area contributed by atoms with Crippen LogP contribution in [-0.2, 0) is 0 Å². The summed E-state index contributed by atoms with van der Waals surface area (Å²) < 4.78 is 0. The minimum absolute atomic E-state index is 0.642. The van der Waals surface area contributed by atoms with Gasteiger partial charge in [0.05, 0.1) is 0 Å². The van der Waals surface area contributed by atoms with Gasteiger partial charge in [0.1, 0.15) is 0 Å². The highest BCUT2D eigenvalue weighted by Gasteiger charge is 2.32. The summed E-state index contributed by atoms with van der Waals surface area (Å²) in [5.74, 6) is 1.78. The molecule has 1 atom stereocenters. The standard InChI is InChI=1S/C10H21N/c1-7(2)10(9-5-6-9)11-8(3)4/h7-11H,5-6H2,1-4H3. The first-order chi connectivity index (χ1) is 5.11. The van der Waals surface area contributed by atoms with Gasteiger partial charge < -0.3 is 5.32 Å². The predicted molar refractivity (Wildman–Crippen MR) is 49.6 cm³/mol. The first-order valence-corrected chi connectivity index (χ1v) is 4.87. The SMILES string of the molecule is CC(C)NC(C(C)C)C1CC1. The molecule has 1 rings (SSSR count). The maximum Gasteiger partial charge on any atom is 0.0121 e. The van der Waals surface area contributed by atoms with Gasteiger partial charge in [0.25, 0.3) is 0 Å². The molecule has 11 heavy (non-hydrogen) atoms. The van der Waals surface area contributed by atoms with Gasteiger partial charge in [-0.05, 0) is 24.7 Å².